The fourth-order valence-electron chi connectivity index (χ4n) is 3.02. The summed E-state index contributed by atoms with van der Waals surface area (Å²) in [5.74, 6) is 2.24. The van der Waals surface area contributed by atoms with Crippen molar-refractivity contribution in [2.75, 3.05) is 36.0 Å². The van der Waals surface area contributed by atoms with Crippen LogP contribution in [0.5, 0.6) is 0 Å². The van der Waals surface area contributed by atoms with Gasteiger partial charge in [-0.1, -0.05) is 11.6 Å². The van der Waals surface area contributed by atoms with Crippen LogP contribution in [0.4, 0.5) is 11.6 Å². The molecule has 0 unspecified atom stereocenters. The zero-order chi connectivity index (χ0) is 18.8. The van der Waals surface area contributed by atoms with Crippen molar-refractivity contribution in [2.24, 2.45) is 0 Å². The van der Waals surface area contributed by atoms with Gasteiger partial charge in [-0.3, -0.25) is 0 Å². The highest BCUT2D eigenvalue weighted by Crippen LogP contribution is 2.25. The number of hydrogen-bond acceptors (Lipinski definition) is 7. The lowest BCUT2D eigenvalue weighted by Gasteiger charge is -2.36. The molecule has 0 N–H and O–H groups in total. The van der Waals surface area contributed by atoms with Crippen molar-refractivity contribution >= 4 is 23.2 Å². The van der Waals surface area contributed by atoms with E-state index in [-0.39, 0.29) is 0 Å². The molecule has 9 heteroatoms. The molecule has 4 heterocycles. The van der Waals surface area contributed by atoms with Crippen LogP contribution in [-0.4, -0.2) is 51.1 Å². The molecular weight excluding hydrogens is 364 g/mol. The van der Waals surface area contributed by atoms with E-state index >= 15 is 0 Å². The van der Waals surface area contributed by atoms with E-state index in [2.05, 4.69) is 30.1 Å². The Kier molecular flexibility index (Phi) is 4.60. The van der Waals surface area contributed by atoms with E-state index in [4.69, 9.17) is 16.9 Å². The van der Waals surface area contributed by atoms with Gasteiger partial charge < -0.3 is 9.80 Å². The molecule has 1 fully saturated rings. The molecule has 0 aromatic carbocycles. The van der Waals surface area contributed by atoms with Gasteiger partial charge in [-0.15, -0.1) is 10.2 Å². The van der Waals surface area contributed by atoms with Gasteiger partial charge in [-0.2, -0.15) is 10.4 Å². The summed E-state index contributed by atoms with van der Waals surface area (Å²) in [7, 11) is 0. The molecule has 136 valence electrons. The molecule has 3 aromatic rings. The summed E-state index contributed by atoms with van der Waals surface area (Å²) in [4.78, 5) is 8.63. The fraction of sp³-hybridized carbons (Fsp3) is 0.278. The number of piperazine rings is 1. The minimum Gasteiger partial charge on any atom is -0.352 e. The molecule has 0 bridgehead atoms. The number of pyridine rings is 1. The SMILES string of the molecule is Cc1ccn(-c2ccc(N3CCN(c4ncc(C#N)cc4Cl)CC3)nn2)n1. The van der Waals surface area contributed by atoms with Gasteiger partial charge in [0.05, 0.1) is 16.3 Å². The van der Waals surface area contributed by atoms with Crippen LogP contribution >= 0.6 is 11.6 Å². The van der Waals surface area contributed by atoms with E-state index < -0.39 is 0 Å². The van der Waals surface area contributed by atoms with Crippen molar-refractivity contribution in [3.8, 4) is 11.9 Å². The molecule has 3 aromatic heterocycles. The lowest BCUT2D eigenvalue weighted by molar-refractivity contribution is 0.637. The molecule has 0 amide bonds. The Bertz CT molecular complexity index is 983. The van der Waals surface area contributed by atoms with E-state index in [1.165, 1.54) is 0 Å². The highest BCUT2D eigenvalue weighted by atomic mass is 35.5. The number of nitriles is 1. The molecule has 0 spiro atoms. The van der Waals surface area contributed by atoms with Gasteiger partial charge in [-0.25, -0.2) is 9.67 Å². The Morgan fingerprint density at radius 1 is 1.04 bits per heavy atom. The summed E-state index contributed by atoms with van der Waals surface area (Å²) >= 11 is 6.27. The molecule has 0 saturated carbocycles. The number of rotatable bonds is 3. The summed E-state index contributed by atoms with van der Waals surface area (Å²) in [6, 6.07) is 9.50. The smallest absolute Gasteiger partial charge is 0.175 e. The third kappa shape index (κ3) is 3.55. The molecule has 1 saturated heterocycles. The number of anilines is 2. The van der Waals surface area contributed by atoms with Gasteiger partial charge in [0.25, 0.3) is 0 Å². The van der Waals surface area contributed by atoms with E-state index in [0.29, 0.717) is 22.2 Å². The first-order valence-electron chi connectivity index (χ1n) is 8.56. The predicted octanol–water partition coefficient (Wildman–Crippen LogP) is 2.22. The minimum atomic E-state index is 0.463. The zero-order valence-electron chi connectivity index (χ0n) is 14.7. The van der Waals surface area contributed by atoms with Crippen LogP contribution in [0.3, 0.4) is 0 Å². The third-order valence-corrected chi connectivity index (χ3v) is 4.73. The molecule has 0 atom stereocenters. The van der Waals surface area contributed by atoms with Gasteiger partial charge in [0.1, 0.15) is 11.9 Å². The minimum absolute atomic E-state index is 0.463. The highest BCUT2D eigenvalue weighted by Gasteiger charge is 2.21. The lowest BCUT2D eigenvalue weighted by Crippen LogP contribution is -2.47. The average Bonchev–Trinajstić information content (AvgIpc) is 3.14. The van der Waals surface area contributed by atoms with Gasteiger partial charge in [0, 0.05) is 38.6 Å². The van der Waals surface area contributed by atoms with Crippen LogP contribution in [0.25, 0.3) is 5.82 Å². The Balaban J connectivity index is 1.43. The average molecular weight is 381 g/mol. The standard InChI is InChI=1S/C18H17ClN8/c1-13-4-5-27(24-13)17-3-2-16(22-23-17)25-6-8-26(9-7-25)18-15(19)10-14(11-20)12-21-18/h2-5,10,12H,6-9H2,1H3. The first-order valence-corrected chi connectivity index (χ1v) is 8.94. The maximum Gasteiger partial charge on any atom is 0.175 e. The molecule has 8 nitrogen and oxygen atoms in total. The van der Waals surface area contributed by atoms with Crippen LogP contribution in [-0.2, 0) is 0 Å². The van der Waals surface area contributed by atoms with Crippen molar-refractivity contribution < 1.29 is 0 Å². The number of aryl methyl sites for hydroxylation is 1. The van der Waals surface area contributed by atoms with Crippen molar-refractivity contribution in [3.63, 3.8) is 0 Å². The summed E-state index contributed by atoms with van der Waals surface area (Å²) in [5, 5.41) is 22.4. The second-order valence-electron chi connectivity index (χ2n) is 6.27. The molecular formula is C18H17ClN8. The number of halogens is 1. The van der Waals surface area contributed by atoms with Crippen molar-refractivity contribution in [3.05, 3.63) is 52.9 Å². The second kappa shape index (κ2) is 7.21. The Labute approximate surface area is 161 Å². The normalized spacial score (nSPS) is 14.3. The van der Waals surface area contributed by atoms with Gasteiger partial charge in [0.15, 0.2) is 11.6 Å². The van der Waals surface area contributed by atoms with E-state index in [1.807, 2.05) is 37.4 Å². The van der Waals surface area contributed by atoms with E-state index in [0.717, 1.165) is 37.7 Å². The summed E-state index contributed by atoms with van der Waals surface area (Å²) in [5.41, 5.74) is 1.40. The monoisotopic (exact) mass is 380 g/mol. The van der Waals surface area contributed by atoms with Gasteiger partial charge in [0.2, 0.25) is 0 Å². The summed E-state index contributed by atoms with van der Waals surface area (Å²) in [6.45, 7) is 5.04. The molecule has 1 aliphatic rings. The Morgan fingerprint density at radius 2 is 1.74 bits per heavy atom. The predicted molar refractivity (Wildman–Crippen MR) is 102 cm³/mol. The zero-order valence-corrected chi connectivity index (χ0v) is 15.5. The summed E-state index contributed by atoms with van der Waals surface area (Å²) in [6.07, 6.45) is 3.42. The first-order chi connectivity index (χ1) is 13.1. The summed E-state index contributed by atoms with van der Waals surface area (Å²) < 4.78 is 1.71. The molecule has 4 rings (SSSR count). The van der Waals surface area contributed by atoms with Crippen LogP contribution in [0, 0.1) is 18.3 Å². The second-order valence-corrected chi connectivity index (χ2v) is 6.67. The molecule has 0 radical (unpaired) electrons. The molecule has 27 heavy (non-hydrogen) atoms. The molecule has 0 aliphatic carbocycles. The van der Waals surface area contributed by atoms with Crippen LogP contribution < -0.4 is 9.80 Å². The number of hydrogen-bond donors (Lipinski definition) is 0. The Morgan fingerprint density at radius 3 is 2.33 bits per heavy atom. The maximum atomic E-state index is 8.93. The number of nitrogens with zero attached hydrogens (tertiary/aromatic N) is 8. The third-order valence-electron chi connectivity index (χ3n) is 4.45. The van der Waals surface area contributed by atoms with Crippen molar-refractivity contribution in [1.82, 2.24) is 25.0 Å². The lowest BCUT2D eigenvalue weighted by atomic mass is 10.2. The number of aromatic nitrogens is 5. The fourth-order valence-corrected chi connectivity index (χ4v) is 3.31. The van der Waals surface area contributed by atoms with E-state index in [9.17, 15) is 0 Å². The van der Waals surface area contributed by atoms with Crippen LogP contribution in [0.15, 0.2) is 36.7 Å². The van der Waals surface area contributed by atoms with Crippen LogP contribution in [0.1, 0.15) is 11.3 Å². The van der Waals surface area contributed by atoms with Gasteiger partial charge >= 0.3 is 0 Å². The highest BCUT2D eigenvalue weighted by molar-refractivity contribution is 6.33. The Hall–Kier alpha value is -3.18. The van der Waals surface area contributed by atoms with Crippen molar-refractivity contribution in [2.45, 2.75) is 6.92 Å². The van der Waals surface area contributed by atoms with Gasteiger partial charge in [-0.05, 0) is 31.2 Å². The quantitative estimate of drug-likeness (QED) is 0.688. The maximum absolute atomic E-state index is 8.93. The molecule has 1 aliphatic heterocycles. The largest absolute Gasteiger partial charge is 0.352 e. The van der Waals surface area contributed by atoms with Crippen molar-refractivity contribution in [1.29, 1.82) is 5.26 Å². The van der Waals surface area contributed by atoms with E-state index in [1.54, 1.807) is 16.9 Å². The first kappa shape index (κ1) is 17.2. The topological polar surface area (TPSA) is 86.8 Å². The van der Waals surface area contributed by atoms with Crippen LogP contribution in [0.2, 0.25) is 5.02 Å².